The number of nitro groups is 1. The molecule has 0 N–H and O–H groups in total. The number of ether oxygens (including phenoxy) is 1. The Balaban J connectivity index is 3.00. The largest absolute Gasteiger partial charge is 0.461 e. The summed E-state index contributed by atoms with van der Waals surface area (Å²) in [6.45, 7) is 1.51. The minimum Gasteiger partial charge on any atom is -0.461 e. The molecule has 0 heterocycles. The van der Waals surface area contributed by atoms with Crippen molar-refractivity contribution in [1.82, 2.24) is 0 Å². The predicted octanol–water partition coefficient (Wildman–Crippen LogP) is 2.41. The molecule has 0 aliphatic rings. The number of nitriles is 1. The number of esters is 1. The number of carbonyl (C=O) groups is 2. The highest BCUT2D eigenvalue weighted by molar-refractivity contribution is 6.20. The SMILES string of the molecule is CCC(=O)C(=Cc1ccc([N+](=O)[O-])cc1)C(=O)OCCC#N. The number of rotatable bonds is 7. The highest BCUT2D eigenvalue weighted by Gasteiger charge is 2.18. The smallest absolute Gasteiger partial charge is 0.341 e. The molecule has 1 aromatic rings. The van der Waals surface area contributed by atoms with Gasteiger partial charge in [-0.1, -0.05) is 6.92 Å². The van der Waals surface area contributed by atoms with E-state index in [0.29, 0.717) is 5.56 Å². The number of non-ortho nitro benzene ring substituents is 1. The summed E-state index contributed by atoms with van der Waals surface area (Å²) in [6, 6.07) is 7.25. The summed E-state index contributed by atoms with van der Waals surface area (Å²) < 4.78 is 4.84. The van der Waals surface area contributed by atoms with Gasteiger partial charge >= 0.3 is 5.97 Å². The van der Waals surface area contributed by atoms with E-state index in [4.69, 9.17) is 10.00 Å². The Hall–Kier alpha value is -3.01. The van der Waals surface area contributed by atoms with Crippen molar-refractivity contribution in [1.29, 1.82) is 5.26 Å². The average Bonchev–Trinajstić information content (AvgIpc) is 2.52. The monoisotopic (exact) mass is 302 g/mol. The number of Topliss-reactive ketones (excluding diaryl/α,β-unsaturated/α-hetero) is 1. The van der Waals surface area contributed by atoms with Gasteiger partial charge in [-0.2, -0.15) is 5.26 Å². The van der Waals surface area contributed by atoms with Crippen molar-refractivity contribution in [2.24, 2.45) is 0 Å². The number of carbonyl (C=O) groups excluding carboxylic acids is 2. The second kappa shape index (κ2) is 8.32. The molecule has 1 aromatic carbocycles. The summed E-state index contributed by atoms with van der Waals surface area (Å²) in [6.07, 6.45) is 1.48. The molecule has 0 aliphatic heterocycles. The van der Waals surface area contributed by atoms with E-state index < -0.39 is 16.7 Å². The summed E-state index contributed by atoms with van der Waals surface area (Å²) in [5, 5.41) is 19.0. The van der Waals surface area contributed by atoms with E-state index in [1.54, 1.807) is 6.92 Å². The normalized spacial score (nSPS) is 10.6. The van der Waals surface area contributed by atoms with Gasteiger partial charge in [0.1, 0.15) is 12.2 Å². The van der Waals surface area contributed by atoms with Crippen molar-refractivity contribution in [3.8, 4) is 6.07 Å². The number of nitro benzene ring substituents is 1. The first-order valence-corrected chi connectivity index (χ1v) is 6.53. The van der Waals surface area contributed by atoms with Crippen LogP contribution in [0.5, 0.6) is 0 Å². The zero-order valence-corrected chi connectivity index (χ0v) is 11.9. The molecule has 0 radical (unpaired) electrons. The van der Waals surface area contributed by atoms with Crippen LogP contribution in [0.2, 0.25) is 0 Å². The zero-order valence-electron chi connectivity index (χ0n) is 11.9. The maximum Gasteiger partial charge on any atom is 0.341 e. The summed E-state index contributed by atoms with van der Waals surface area (Å²) in [7, 11) is 0. The van der Waals surface area contributed by atoms with Crippen LogP contribution in [0.3, 0.4) is 0 Å². The molecule has 0 aromatic heterocycles. The van der Waals surface area contributed by atoms with Crippen LogP contribution in [0, 0.1) is 21.4 Å². The van der Waals surface area contributed by atoms with Crippen LogP contribution in [0.15, 0.2) is 29.8 Å². The van der Waals surface area contributed by atoms with Gasteiger partial charge in [0.25, 0.3) is 5.69 Å². The molecule has 0 unspecified atom stereocenters. The van der Waals surface area contributed by atoms with Gasteiger partial charge in [0.2, 0.25) is 0 Å². The van der Waals surface area contributed by atoms with Crippen molar-refractivity contribution in [2.75, 3.05) is 6.61 Å². The van der Waals surface area contributed by atoms with E-state index in [2.05, 4.69) is 0 Å². The quantitative estimate of drug-likeness (QED) is 0.145. The average molecular weight is 302 g/mol. The van der Waals surface area contributed by atoms with Crippen LogP contribution >= 0.6 is 0 Å². The molecule has 0 spiro atoms. The predicted molar refractivity (Wildman–Crippen MR) is 77.6 cm³/mol. The lowest BCUT2D eigenvalue weighted by molar-refractivity contribution is -0.384. The molecule has 1 rings (SSSR count). The van der Waals surface area contributed by atoms with Crippen LogP contribution in [-0.4, -0.2) is 23.3 Å². The topological polar surface area (TPSA) is 110 Å². The Bertz CT molecular complexity index is 641. The van der Waals surface area contributed by atoms with E-state index in [-0.39, 0.29) is 30.7 Å². The standard InChI is InChI=1S/C15H14N2O5/c1-2-14(18)13(15(19)22-9-3-8-16)10-11-4-6-12(7-5-11)17(20)21/h4-7,10H,2-3,9H2,1H3. The first kappa shape index (κ1) is 17.0. The van der Waals surface area contributed by atoms with Gasteiger partial charge in [0, 0.05) is 18.6 Å². The fourth-order valence-electron chi connectivity index (χ4n) is 1.57. The number of hydrogen-bond donors (Lipinski definition) is 0. The molecule has 0 bridgehead atoms. The molecule has 0 atom stereocenters. The number of ketones is 1. The van der Waals surface area contributed by atoms with Crippen LogP contribution in [0.4, 0.5) is 5.69 Å². The highest BCUT2D eigenvalue weighted by atomic mass is 16.6. The third-order valence-corrected chi connectivity index (χ3v) is 2.70. The number of nitrogens with zero attached hydrogens (tertiary/aromatic N) is 2. The van der Waals surface area contributed by atoms with Crippen LogP contribution < -0.4 is 0 Å². The Labute approximate surface area is 127 Å². The van der Waals surface area contributed by atoms with Crippen molar-refractivity contribution in [3.63, 3.8) is 0 Å². The van der Waals surface area contributed by atoms with E-state index >= 15 is 0 Å². The second-order valence-corrected chi connectivity index (χ2v) is 4.23. The lowest BCUT2D eigenvalue weighted by atomic mass is 10.1. The van der Waals surface area contributed by atoms with Crippen molar-refractivity contribution in [3.05, 3.63) is 45.5 Å². The fraction of sp³-hybridized carbons (Fsp3) is 0.267. The summed E-state index contributed by atoms with van der Waals surface area (Å²) in [5.74, 6) is -1.21. The Morgan fingerprint density at radius 1 is 1.36 bits per heavy atom. The molecule has 0 amide bonds. The minimum absolute atomic E-state index is 0.0386. The molecule has 0 aliphatic carbocycles. The van der Waals surface area contributed by atoms with Crippen LogP contribution in [-0.2, 0) is 14.3 Å². The minimum atomic E-state index is -0.805. The first-order valence-electron chi connectivity index (χ1n) is 6.53. The molecular formula is C15H14N2O5. The van der Waals surface area contributed by atoms with Crippen LogP contribution in [0.25, 0.3) is 6.08 Å². The maximum absolute atomic E-state index is 11.9. The second-order valence-electron chi connectivity index (χ2n) is 4.23. The highest BCUT2D eigenvalue weighted by Crippen LogP contribution is 2.16. The third kappa shape index (κ3) is 4.83. The van der Waals surface area contributed by atoms with E-state index in [9.17, 15) is 19.7 Å². The molecule has 22 heavy (non-hydrogen) atoms. The van der Waals surface area contributed by atoms with Gasteiger partial charge in [-0.3, -0.25) is 14.9 Å². The molecular weight excluding hydrogens is 288 g/mol. The van der Waals surface area contributed by atoms with Crippen molar-refractivity contribution < 1.29 is 19.2 Å². The van der Waals surface area contributed by atoms with Crippen LogP contribution in [0.1, 0.15) is 25.3 Å². The molecule has 0 saturated heterocycles. The molecule has 0 saturated carbocycles. The molecule has 0 fully saturated rings. The first-order chi connectivity index (χ1) is 10.5. The lowest BCUT2D eigenvalue weighted by Gasteiger charge is -2.05. The Morgan fingerprint density at radius 3 is 2.50 bits per heavy atom. The molecule has 7 nitrogen and oxygen atoms in total. The van der Waals surface area contributed by atoms with E-state index in [1.165, 1.54) is 30.3 Å². The van der Waals surface area contributed by atoms with Gasteiger partial charge in [0.15, 0.2) is 5.78 Å². The van der Waals surface area contributed by atoms with Gasteiger partial charge in [-0.05, 0) is 23.8 Å². The van der Waals surface area contributed by atoms with Crippen molar-refractivity contribution in [2.45, 2.75) is 19.8 Å². The van der Waals surface area contributed by atoms with Gasteiger partial charge < -0.3 is 4.74 Å². The number of benzene rings is 1. The van der Waals surface area contributed by atoms with Crippen molar-refractivity contribution >= 4 is 23.5 Å². The van der Waals surface area contributed by atoms with E-state index in [0.717, 1.165) is 0 Å². The van der Waals surface area contributed by atoms with Gasteiger partial charge in [-0.15, -0.1) is 0 Å². The summed E-state index contributed by atoms with van der Waals surface area (Å²) in [5.41, 5.74) is 0.242. The van der Waals surface area contributed by atoms with E-state index in [1.807, 2.05) is 6.07 Å². The molecule has 114 valence electrons. The van der Waals surface area contributed by atoms with Gasteiger partial charge in [0.05, 0.1) is 17.4 Å². The number of hydrogen-bond acceptors (Lipinski definition) is 6. The lowest BCUT2D eigenvalue weighted by Crippen LogP contribution is -2.15. The zero-order chi connectivity index (χ0) is 16.5. The Morgan fingerprint density at radius 2 is 2.00 bits per heavy atom. The third-order valence-electron chi connectivity index (χ3n) is 2.70. The van der Waals surface area contributed by atoms with Gasteiger partial charge in [-0.25, -0.2) is 4.79 Å². The Kier molecular flexibility index (Phi) is 6.44. The fourth-order valence-corrected chi connectivity index (χ4v) is 1.57. The summed E-state index contributed by atoms with van der Waals surface area (Å²) >= 11 is 0. The maximum atomic E-state index is 11.9. The summed E-state index contributed by atoms with van der Waals surface area (Å²) in [4.78, 5) is 33.7. The molecule has 7 heteroatoms.